The second-order valence-electron chi connectivity index (χ2n) is 4.74. The summed E-state index contributed by atoms with van der Waals surface area (Å²) in [6.07, 6.45) is 2.57. The van der Waals surface area contributed by atoms with Crippen LogP contribution in [0.2, 0.25) is 4.34 Å². The first kappa shape index (κ1) is 15.2. The number of hydrazine groups is 1. The van der Waals surface area contributed by atoms with Crippen molar-refractivity contribution in [3.63, 3.8) is 0 Å². The maximum Gasteiger partial charge on any atom is 0.0931 e. The number of hydrogen-bond acceptors (Lipinski definition) is 5. The Morgan fingerprint density at radius 3 is 2.79 bits per heavy atom. The third kappa shape index (κ3) is 3.68. The molecule has 1 atom stereocenters. The summed E-state index contributed by atoms with van der Waals surface area (Å²) in [7, 11) is 0. The molecule has 1 saturated heterocycles. The van der Waals surface area contributed by atoms with Gasteiger partial charge in [-0.25, -0.2) is 0 Å². The molecule has 0 aliphatic carbocycles. The normalized spacial score (nSPS) is 20.4. The highest BCUT2D eigenvalue weighted by atomic mass is 35.5. The number of thiophene rings is 1. The van der Waals surface area contributed by atoms with Crippen molar-refractivity contribution in [3.05, 3.63) is 21.3 Å². The van der Waals surface area contributed by atoms with Crippen LogP contribution < -0.4 is 11.3 Å². The van der Waals surface area contributed by atoms with Crippen LogP contribution in [0.15, 0.2) is 12.1 Å². The van der Waals surface area contributed by atoms with Crippen molar-refractivity contribution in [2.24, 2.45) is 5.84 Å². The van der Waals surface area contributed by atoms with Gasteiger partial charge in [0.25, 0.3) is 0 Å². The molecule has 1 aromatic heterocycles. The fraction of sp³-hybridized carbons (Fsp3) is 0.692. The van der Waals surface area contributed by atoms with E-state index in [0.717, 1.165) is 36.8 Å². The standard InChI is InChI=1S/C13H21ClN2O2S/c1-2-18-13(5-7-17-8-6-13)11(16-15)9-10-3-4-12(14)19-10/h3-4,11,16H,2,5-9,15H2,1H3. The molecule has 2 heterocycles. The molecule has 6 heteroatoms. The summed E-state index contributed by atoms with van der Waals surface area (Å²) in [5, 5.41) is 0. The summed E-state index contributed by atoms with van der Waals surface area (Å²) in [5.74, 6) is 5.77. The molecule has 1 aliphatic heterocycles. The molecular formula is C13H21ClN2O2S. The average Bonchev–Trinajstić information content (AvgIpc) is 2.83. The Morgan fingerprint density at radius 2 is 2.26 bits per heavy atom. The van der Waals surface area contributed by atoms with E-state index in [-0.39, 0.29) is 11.6 Å². The van der Waals surface area contributed by atoms with Crippen molar-refractivity contribution < 1.29 is 9.47 Å². The highest BCUT2D eigenvalue weighted by molar-refractivity contribution is 7.16. The van der Waals surface area contributed by atoms with Gasteiger partial charge in [0.05, 0.1) is 16.0 Å². The van der Waals surface area contributed by atoms with E-state index in [9.17, 15) is 0 Å². The van der Waals surface area contributed by atoms with Crippen molar-refractivity contribution in [3.8, 4) is 0 Å². The molecule has 0 saturated carbocycles. The number of nitrogens with two attached hydrogens (primary N) is 1. The van der Waals surface area contributed by atoms with Gasteiger partial charge in [0.2, 0.25) is 0 Å². The van der Waals surface area contributed by atoms with Crippen molar-refractivity contribution in [2.45, 2.75) is 37.8 Å². The number of hydrogen-bond donors (Lipinski definition) is 2. The second-order valence-corrected chi connectivity index (χ2v) is 6.54. The first-order chi connectivity index (χ1) is 9.20. The van der Waals surface area contributed by atoms with Gasteiger partial charge in [0.15, 0.2) is 0 Å². The minimum atomic E-state index is -0.238. The quantitative estimate of drug-likeness (QED) is 0.626. The smallest absolute Gasteiger partial charge is 0.0931 e. The first-order valence-corrected chi connectivity index (χ1v) is 7.81. The van der Waals surface area contributed by atoms with Crippen LogP contribution >= 0.6 is 22.9 Å². The minimum Gasteiger partial charge on any atom is -0.381 e. The molecule has 1 fully saturated rings. The largest absolute Gasteiger partial charge is 0.381 e. The molecule has 0 amide bonds. The summed E-state index contributed by atoms with van der Waals surface area (Å²) in [5.41, 5.74) is 2.70. The van der Waals surface area contributed by atoms with Crippen LogP contribution in [0, 0.1) is 0 Å². The van der Waals surface area contributed by atoms with E-state index in [1.54, 1.807) is 11.3 Å². The van der Waals surface area contributed by atoms with Gasteiger partial charge < -0.3 is 9.47 Å². The summed E-state index contributed by atoms with van der Waals surface area (Å²) in [6, 6.07) is 4.05. The fourth-order valence-corrected chi connectivity index (χ4v) is 3.79. The molecule has 1 unspecified atom stereocenters. The molecule has 1 aromatic rings. The third-order valence-corrected chi connectivity index (χ3v) is 4.89. The molecular weight excluding hydrogens is 284 g/mol. The van der Waals surface area contributed by atoms with Crippen LogP contribution in [0.3, 0.4) is 0 Å². The molecule has 2 rings (SSSR count). The molecule has 3 N–H and O–H groups in total. The summed E-state index contributed by atoms with van der Waals surface area (Å²) < 4.78 is 12.3. The van der Waals surface area contributed by atoms with Crippen molar-refractivity contribution in [2.75, 3.05) is 19.8 Å². The first-order valence-electron chi connectivity index (χ1n) is 6.62. The third-order valence-electron chi connectivity index (χ3n) is 3.64. The van der Waals surface area contributed by atoms with Gasteiger partial charge >= 0.3 is 0 Å². The van der Waals surface area contributed by atoms with Crippen molar-refractivity contribution in [1.82, 2.24) is 5.43 Å². The van der Waals surface area contributed by atoms with Crippen LogP contribution in [-0.2, 0) is 15.9 Å². The second kappa shape index (κ2) is 7.02. The Morgan fingerprint density at radius 1 is 1.53 bits per heavy atom. The van der Waals surface area contributed by atoms with E-state index in [2.05, 4.69) is 11.5 Å². The van der Waals surface area contributed by atoms with Crippen LogP contribution in [0.4, 0.5) is 0 Å². The molecule has 1 aliphatic rings. The maximum absolute atomic E-state index is 6.05. The number of rotatable bonds is 6. The molecule has 0 bridgehead atoms. The SMILES string of the molecule is CCOC1(C(Cc2ccc(Cl)s2)NN)CCOCC1. The van der Waals surface area contributed by atoms with E-state index in [4.69, 9.17) is 26.9 Å². The van der Waals surface area contributed by atoms with E-state index in [1.165, 1.54) is 4.88 Å². The average molecular weight is 305 g/mol. The zero-order chi connectivity index (χ0) is 13.7. The summed E-state index contributed by atoms with van der Waals surface area (Å²) in [6.45, 7) is 4.16. The predicted octanol–water partition coefficient (Wildman–Crippen LogP) is 2.36. The monoisotopic (exact) mass is 304 g/mol. The summed E-state index contributed by atoms with van der Waals surface area (Å²) in [4.78, 5) is 1.22. The van der Waals surface area contributed by atoms with Gasteiger partial charge in [-0.15, -0.1) is 11.3 Å². The highest BCUT2D eigenvalue weighted by Crippen LogP contribution is 2.32. The zero-order valence-electron chi connectivity index (χ0n) is 11.2. The van der Waals surface area contributed by atoms with E-state index < -0.39 is 0 Å². The fourth-order valence-electron chi connectivity index (χ4n) is 2.66. The maximum atomic E-state index is 6.05. The minimum absolute atomic E-state index is 0.0751. The van der Waals surface area contributed by atoms with E-state index in [0.29, 0.717) is 6.61 Å². The van der Waals surface area contributed by atoms with Crippen LogP contribution in [0.25, 0.3) is 0 Å². The van der Waals surface area contributed by atoms with Gasteiger partial charge in [0.1, 0.15) is 0 Å². The molecule has 4 nitrogen and oxygen atoms in total. The van der Waals surface area contributed by atoms with Gasteiger partial charge in [-0.1, -0.05) is 11.6 Å². The lowest BCUT2D eigenvalue weighted by Crippen LogP contribution is -2.58. The molecule has 19 heavy (non-hydrogen) atoms. The van der Waals surface area contributed by atoms with E-state index in [1.807, 2.05) is 13.0 Å². The van der Waals surface area contributed by atoms with Crippen LogP contribution in [0.1, 0.15) is 24.6 Å². The molecule has 0 aromatic carbocycles. The lowest BCUT2D eigenvalue weighted by atomic mass is 9.84. The van der Waals surface area contributed by atoms with E-state index >= 15 is 0 Å². The Hall–Kier alpha value is -0.170. The summed E-state index contributed by atoms with van der Waals surface area (Å²) >= 11 is 7.58. The Kier molecular flexibility index (Phi) is 5.62. The molecule has 108 valence electrons. The Bertz CT molecular complexity index is 388. The molecule has 0 radical (unpaired) electrons. The lowest BCUT2D eigenvalue weighted by Gasteiger charge is -2.42. The van der Waals surface area contributed by atoms with Crippen LogP contribution in [0.5, 0.6) is 0 Å². The molecule has 0 spiro atoms. The lowest BCUT2D eigenvalue weighted by molar-refractivity contribution is -0.126. The van der Waals surface area contributed by atoms with Gasteiger partial charge in [-0.2, -0.15) is 0 Å². The Labute approximate surface area is 123 Å². The number of ether oxygens (including phenoxy) is 2. The zero-order valence-corrected chi connectivity index (χ0v) is 12.7. The Balaban J connectivity index is 2.12. The van der Waals surface area contributed by atoms with Crippen molar-refractivity contribution >= 4 is 22.9 Å². The number of nitrogens with one attached hydrogen (secondary N) is 1. The van der Waals surface area contributed by atoms with Gasteiger partial charge in [-0.3, -0.25) is 11.3 Å². The predicted molar refractivity (Wildman–Crippen MR) is 78.6 cm³/mol. The highest BCUT2D eigenvalue weighted by Gasteiger charge is 2.40. The topological polar surface area (TPSA) is 56.5 Å². The number of halogens is 1. The van der Waals surface area contributed by atoms with Gasteiger partial charge in [0, 0.05) is 44.0 Å². The van der Waals surface area contributed by atoms with Crippen LogP contribution in [-0.4, -0.2) is 31.5 Å². The van der Waals surface area contributed by atoms with Gasteiger partial charge in [-0.05, 0) is 19.1 Å². The van der Waals surface area contributed by atoms with Crippen molar-refractivity contribution in [1.29, 1.82) is 0 Å².